The van der Waals surface area contributed by atoms with E-state index in [0.717, 1.165) is 11.3 Å². The van der Waals surface area contributed by atoms with Crippen molar-refractivity contribution in [2.24, 2.45) is 5.73 Å². The standard InChI is InChI=1S/C14H14N2O4S/c1-8-12(14(18)20-7-11(15)17)21-13(16-8)9-3-5-10(19-2)6-4-9/h3-6H,7H2,1-2H3,(H2,15,17). The summed E-state index contributed by atoms with van der Waals surface area (Å²) >= 11 is 1.21. The predicted molar refractivity (Wildman–Crippen MR) is 78.3 cm³/mol. The maximum absolute atomic E-state index is 11.8. The van der Waals surface area contributed by atoms with Gasteiger partial charge < -0.3 is 15.2 Å². The lowest BCUT2D eigenvalue weighted by atomic mass is 10.2. The molecular weight excluding hydrogens is 292 g/mol. The van der Waals surface area contributed by atoms with Gasteiger partial charge in [0.25, 0.3) is 5.91 Å². The molecule has 0 saturated carbocycles. The number of amides is 1. The number of carbonyl (C=O) groups is 2. The van der Waals surface area contributed by atoms with Crippen LogP contribution < -0.4 is 10.5 Å². The number of methoxy groups -OCH3 is 1. The van der Waals surface area contributed by atoms with Gasteiger partial charge in [0, 0.05) is 5.56 Å². The molecule has 21 heavy (non-hydrogen) atoms. The Bertz CT molecular complexity index is 664. The van der Waals surface area contributed by atoms with Gasteiger partial charge in [0.05, 0.1) is 12.8 Å². The van der Waals surface area contributed by atoms with E-state index in [2.05, 4.69) is 4.98 Å². The highest BCUT2D eigenvalue weighted by molar-refractivity contribution is 7.17. The molecule has 2 rings (SSSR count). The van der Waals surface area contributed by atoms with Crippen LogP contribution in [0.15, 0.2) is 24.3 Å². The minimum atomic E-state index is -0.694. The van der Waals surface area contributed by atoms with E-state index in [1.54, 1.807) is 14.0 Å². The molecule has 0 atom stereocenters. The molecule has 1 aromatic heterocycles. The monoisotopic (exact) mass is 306 g/mol. The number of hydrogen-bond donors (Lipinski definition) is 1. The third-order valence-corrected chi connectivity index (χ3v) is 3.85. The molecule has 2 aromatic rings. The quantitative estimate of drug-likeness (QED) is 0.850. The summed E-state index contributed by atoms with van der Waals surface area (Å²) in [6.07, 6.45) is 0. The third kappa shape index (κ3) is 3.57. The van der Waals surface area contributed by atoms with E-state index in [1.807, 2.05) is 24.3 Å². The van der Waals surface area contributed by atoms with Crippen LogP contribution in [0.25, 0.3) is 10.6 Å². The Kier molecular flexibility index (Phi) is 4.54. The summed E-state index contributed by atoms with van der Waals surface area (Å²) in [6.45, 7) is 1.28. The molecule has 1 heterocycles. The minimum Gasteiger partial charge on any atom is -0.497 e. The summed E-state index contributed by atoms with van der Waals surface area (Å²) < 4.78 is 9.88. The molecule has 0 spiro atoms. The summed E-state index contributed by atoms with van der Waals surface area (Å²) in [5.41, 5.74) is 6.37. The number of primary amides is 1. The van der Waals surface area contributed by atoms with Gasteiger partial charge in [-0.15, -0.1) is 11.3 Å². The first kappa shape index (κ1) is 15.0. The molecule has 0 fully saturated rings. The Morgan fingerprint density at radius 2 is 1.95 bits per heavy atom. The highest BCUT2D eigenvalue weighted by Gasteiger charge is 2.18. The molecule has 0 aliphatic rings. The Balaban J connectivity index is 2.21. The first-order valence-corrected chi connectivity index (χ1v) is 6.90. The highest BCUT2D eigenvalue weighted by atomic mass is 32.1. The normalized spacial score (nSPS) is 10.2. The molecular formula is C14H14N2O4S. The van der Waals surface area contributed by atoms with Crippen molar-refractivity contribution in [1.82, 2.24) is 4.98 Å². The number of carbonyl (C=O) groups excluding carboxylic acids is 2. The van der Waals surface area contributed by atoms with Crippen molar-refractivity contribution in [1.29, 1.82) is 0 Å². The molecule has 0 aliphatic carbocycles. The average Bonchev–Trinajstić information content (AvgIpc) is 2.87. The van der Waals surface area contributed by atoms with E-state index in [1.165, 1.54) is 11.3 Å². The van der Waals surface area contributed by atoms with Crippen LogP contribution in [0.5, 0.6) is 5.75 Å². The second kappa shape index (κ2) is 6.36. The fourth-order valence-electron chi connectivity index (χ4n) is 1.65. The van der Waals surface area contributed by atoms with Crippen LogP contribution in [0.3, 0.4) is 0 Å². The minimum absolute atomic E-state index is 0.363. The molecule has 110 valence electrons. The zero-order chi connectivity index (χ0) is 15.4. The molecule has 0 bridgehead atoms. The van der Waals surface area contributed by atoms with E-state index >= 15 is 0 Å². The number of rotatable bonds is 5. The Hall–Kier alpha value is -2.41. The van der Waals surface area contributed by atoms with Crippen LogP contribution in [0.1, 0.15) is 15.4 Å². The van der Waals surface area contributed by atoms with E-state index < -0.39 is 18.5 Å². The summed E-state index contributed by atoms with van der Waals surface area (Å²) in [7, 11) is 1.59. The first-order chi connectivity index (χ1) is 10.0. The molecule has 6 nitrogen and oxygen atoms in total. The number of benzene rings is 1. The fourth-order valence-corrected chi connectivity index (χ4v) is 2.61. The number of aryl methyl sites for hydroxylation is 1. The number of nitrogens with two attached hydrogens (primary N) is 1. The largest absolute Gasteiger partial charge is 0.497 e. The lowest BCUT2D eigenvalue weighted by Gasteiger charge is -2.00. The van der Waals surface area contributed by atoms with Crippen LogP contribution in [0.2, 0.25) is 0 Å². The van der Waals surface area contributed by atoms with Crippen LogP contribution in [-0.4, -0.2) is 30.6 Å². The number of nitrogens with zero attached hydrogens (tertiary/aromatic N) is 1. The maximum atomic E-state index is 11.8. The summed E-state index contributed by atoms with van der Waals surface area (Å²) in [5, 5.41) is 0.696. The van der Waals surface area contributed by atoms with E-state index in [0.29, 0.717) is 15.6 Å². The Morgan fingerprint density at radius 3 is 2.52 bits per heavy atom. The lowest BCUT2D eigenvalue weighted by molar-refractivity contribution is -0.121. The van der Waals surface area contributed by atoms with Gasteiger partial charge in [-0.2, -0.15) is 0 Å². The fraction of sp³-hybridized carbons (Fsp3) is 0.214. The van der Waals surface area contributed by atoms with Gasteiger partial charge in [0.2, 0.25) is 0 Å². The summed E-state index contributed by atoms with van der Waals surface area (Å²) in [5.74, 6) is -0.544. The van der Waals surface area contributed by atoms with Gasteiger partial charge in [0.15, 0.2) is 6.61 Å². The molecule has 0 saturated heterocycles. The average molecular weight is 306 g/mol. The van der Waals surface area contributed by atoms with Crippen LogP contribution in [0, 0.1) is 6.92 Å². The second-order valence-corrected chi connectivity index (χ2v) is 5.20. The van der Waals surface area contributed by atoms with Crippen molar-refractivity contribution in [3.63, 3.8) is 0 Å². The highest BCUT2D eigenvalue weighted by Crippen LogP contribution is 2.29. The van der Waals surface area contributed by atoms with Crippen molar-refractivity contribution in [3.05, 3.63) is 34.8 Å². The number of aromatic nitrogens is 1. The molecule has 0 radical (unpaired) electrons. The van der Waals surface area contributed by atoms with Crippen molar-refractivity contribution < 1.29 is 19.1 Å². The van der Waals surface area contributed by atoms with Crippen LogP contribution >= 0.6 is 11.3 Å². The van der Waals surface area contributed by atoms with Crippen LogP contribution in [-0.2, 0) is 9.53 Å². The van der Waals surface area contributed by atoms with E-state index in [9.17, 15) is 9.59 Å². The van der Waals surface area contributed by atoms with E-state index in [-0.39, 0.29) is 0 Å². The molecule has 1 amide bonds. The van der Waals surface area contributed by atoms with Gasteiger partial charge in [-0.25, -0.2) is 9.78 Å². The zero-order valence-electron chi connectivity index (χ0n) is 11.6. The van der Waals surface area contributed by atoms with Gasteiger partial charge >= 0.3 is 5.97 Å². The van der Waals surface area contributed by atoms with Crippen LogP contribution in [0.4, 0.5) is 0 Å². The lowest BCUT2D eigenvalue weighted by Crippen LogP contribution is -2.20. The van der Waals surface area contributed by atoms with Gasteiger partial charge in [0.1, 0.15) is 15.6 Å². The third-order valence-electron chi connectivity index (χ3n) is 2.66. The molecule has 0 unspecified atom stereocenters. The molecule has 0 aliphatic heterocycles. The van der Waals surface area contributed by atoms with Crippen molar-refractivity contribution in [2.75, 3.05) is 13.7 Å². The SMILES string of the molecule is COc1ccc(-c2nc(C)c(C(=O)OCC(N)=O)s2)cc1. The smallest absolute Gasteiger partial charge is 0.350 e. The van der Waals surface area contributed by atoms with Crippen molar-refractivity contribution in [2.45, 2.75) is 6.92 Å². The molecule has 7 heteroatoms. The number of hydrogen-bond acceptors (Lipinski definition) is 6. The maximum Gasteiger partial charge on any atom is 0.350 e. The molecule has 1 aromatic carbocycles. The molecule has 2 N–H and O–H groups in total. The van der Waals surface area contributed by atoms with Gasteiger partial charge in [-0.1, -0.05) is 0 Å². The summed E-state index contributed by atoms with van der Waals surface area (Å²) in [4.78, 5) is 27.2. The summed E-state index contributed by atoms with van der Waals surface area (Å²) in [6, 6.07) is 7.35. The topological polar surface area (TPSA) is 91.5 Å². The number of thiazole rings is 1. The number of esters is 1. The Labute approximate surface area is 125 Å². The van der Waals surface area contributed by atoms with Gasteiger partial charge in [-0.3, -0.25) is 4.79 Å². The predicted octanol–water partition coefficient (Wildman–Crippen LogP) is 1.77. The zero-order valence-corrected chi connectivity index (χ0v) is 12.4. The van der Waals surface area contributed by atoms with E-state index in [4.69, 9.17) is 15.2 Å². The second-order valence-electron chi connectivity index (χ2n) is 4.20. The van der Waals surface area contributed by atoms with Gasteiger partial charge in [-0.05, 0) is 31.2 Å². The van der Waals surface area contributed by atoms with Crippen molar-refractivity contribution >= 4 is 23.2 Å². The van der Waals surface area contributed by atoms with Crippen molar-refractivity contribution in [3.8, 4) is 16.3 Å². The number of ether oxygens (including phenoxy) is 2. The Morgan fingerprint density at radius 1 is 1.29 bits per heavy atom. The first-order valence-electron chi connectivity index (χ1n) is 6.08.